The van der Waals surface area contributed by atoms with Crippen LogP contribution in [0.25, 0.3) is 0 Å². The van der Waals surface area contributed by atoms with Gasteiger partial charge in [-0.05, 0) is 47.9 Å². The Hall–Kier alpha value is -2.69. The van der Waals surface area contributed by atoms with Gasteiger partial charge in [0.25, 0.3) is 0 Å². The summed E-state index contributed by atoms with van der Waals surface area (Å²) < 4.78 is 23.1. The Morgan fingerprint density at radius 1 is 1.17 bits per heavy atom. The Labute approximate surface area is 134 Å². The first-order chi connectivity index (χ1) is 11.1. The van der Waals surface area contributed by atoms with Gasteiger partial charge < -0.3 is 9.47 Å². The molecule has 2 aromatic carbocycles. The molecule has 0 amide bonds. The van der Waals surface area contributed by atoms with Crippen molar-refractivity contribution >= 4 is 12.2 Å². The summed E-state index contributed by atoms with van der Waals surface area (Å²) in [5.74, 6) is -0.00102. The zero-order valence-corrected chi connectivity index (χ0v) is 13.1. The van der Waals surface area contributed by atoms with Crippen molar-refractivity contribution in [1.82, 2.24) is 0 Å². The molecule has 0 heterocycles. The summed E-state index contributed by atoms with van der Waals surface area (Å²) in [6, 6.07) is 11.4. The van der Waals surface area contributed by atoms with Crippen molar-refractivity contribution in [1.29, 1.82) is 0 Å². The molecule has 2 aromatic rings. The van der Waals surface area contributed by atoms with E-state index in [1.165, 1.54) is 19.2 Å². The highest BCUT2D eigenvalue weighted by atomic mass is 19.1. The molecule has 0 atom stereocenters. The Bertz CT molecular complexity index is 696. The van der Waals surface area contributed by atoms with Gasteiger partial charge in [-0.1, -0.05) is 12.1 Å². The minimum atomic E-state index is -0.369. The molecule has 5 heteroatoms. The van der Waals surface area contributed by atoms with Gasteiger partial charge in [0.2, 0.25) is 0 Å². The number of nitrogens with zero attached hydrogens (tertiary/aromatic N) is 1. The summed E-state index contributed by atoms with van der Waals surface area (Å²) in [6.45, 7) is 0.512. The van der Waals surface area contributed by atoms with Gasteiger partial charge in [0, 0.05) is 12.8 Å². The van der Waals surface area contributed by atoms with Crippen molar-refractivity contribution in [3.05, 3.63) is 65.0 Å². The lowest BCUT2D eigenvalue weighted by atomic mass is 10.1. The number of benzene rings is 2. The second kappa shape index (κ2) is 8.08. The first-order valence-electron chi connectivity index (χ1n) is 7.14. The van der Waals surface area contributed by atoms with Crippen molar-refractivity contribution in [3.8, 4) is 5.75 Å². The maximum Gasteiger partial charge on any atom is 0.337 e. The van der Waals surface area contributed by atoms with Crippen LogP contribution in [0.5, 0.6) is 5.75 Å². The average Bonchev–Trinajstić information content (AvgIpc) is 2.58. The third-order valence-electron chi connectivity index (χ3n) is 3.32. The normalized spacial score (nSPS) is 10.7. The fourth-order valence-electron chi connectivity index (χ4n) is 2.12. The van der Waals surface area contributed by atoms with Crippen molar-refractivity contribution in [3.63, 3.8) is 0 Å². The Kier molecular flexibility index (Phi) is 5.86. The van der Waals surface area contributed by atoms with Crippen LogP contribution in [-0.2, 0) is 11.2 Å². The zero-order chi connectivity index (χ0) is 16.7. The summed E-state index contributed by atoms with van der Waals surface area (Å²) >= 11 is 0. The minimum absolute atomic E-state index is 0.289. The van der Waals surface area contributed by atoms with E-state index in [0.717, 1.165) is 11.1 Å². The molecule has 0 saturated carbocycles. The number of hydrogen-bond donors (Lipinski definition) is 0. The zero-order valence-electron chi connectivity index (χ0n) is 13.1. The van der Waals surface area contributed by atoms with Gasteiger partial charge >= 0.3 is 5.97 Å². The lowest BCUT2D eigenvalue weighted by Crippen LogP contribution is -2.00. The maximum atomic E-state index is 13.3. The highest BCUT2D eigenvalue weighted by Gasteiger charge is 2.04. The van der Waals surface area contributed by atoms with Crippen LogP contribution in [0.15, 0.2) is 47.5 Å². The Morgan fingerprint density at radius 3 is 2.57 bits per heavy atom. The molecule has 0 aliphatic heterocycles. The summed E-state index contributed by atoms with van der Waals surface area (Å²) in [6.07, 6.45) is 2.30. The number of carbonyl (C=O) groups is 1. The minimum Gasteiger partial charge on any atom is -0.496 e. The summed E-state index contributed by atoms with van der Waals surface area (Å²) in [5.41, 5.74) is 2.16. The number of methoxy groups -OCH3 is 2. The van der Waals surface area contributed by atoms with Gasteiger partial charge in [-0.15, -0.1) is 0 Å². The topological polar surface area (TPSA) is 47.9 Å². The molecule has 0 aromatic heterocycles. The number of carbonyl (C=O) groups excluding carboxylic acids is 1. The Balaban J connectivity index is 1.94. The Morgan fingerprint density at radius 2 is 1.91 bits per heavy atom. The number of aliphatic imine (C=N–C) groups is 1. The molecular weight excluding hydrogens is 297 g/mol. The number of hydrogen-bond acceptors (Lipinski definition) is 4. The molecule has 0 N–H and O–H groups in total. The van der Waals surface area contributed by atoms with E-state index in [1.807, 2.05) is 0 Å². The number of esters is 1. The predicted octanol–water partition coefficient (Wildman–Crippen LogP) is 3.28. The first kappa shape index (κ1) is 16.7. The van der Waals surface area contributed by atoms with Crippen LogP contribution >= 0.6 is 0 Å². The van der Waals surface area contributed by atoms with E-state index in [4.69, 9.17) is 4.74 Å². The molecule has 0 spiro atoms. The van der Waals surface area contributed by atoms with E-state index >= 15 is 0 Å². The lowest BCUT2D eigenvalue weighted by Gasteiger charge is -2.06. The molecule has 0 fully saturated rings. The lowest BCUT2D eigenvalue weighted by molar-refractivity contribution is 0.0600. The smallest absolute Gasteiger partial charge is 0.337 e. The molecule has 0 aliphatic rings. The molecule has 120 valence electrons. The SMILES string of the molecule is COC(=O)c1ccc(/C=N/CCc2cc(F)ccc2OC)cc1. The van der Waals surface area contributed by atoms with Crippen LogP contribution in [0.3, 0.4) is 0 Å². The molecule has 4 nitrogen and oxygen atoms in total. The quantitative estimate of drug-likeness (QED) is 0.607. The molecule has 2 rings (SSSR count). The fourth-order valence-corrected chi connectivity index (χ4v) is 2.12. The molecule has 0 aliphatic carbocycles. The van der Waals surface area contributed by atoms with Crippen LogP contribution in [-0.4, -0.2) is 32.9 Å². The average molecular weight is 315 g/mol. The van der Waals surface area contributed by atoms with Gasteiger partial charge in [-0.2, -0.15) is 0 Å². The van der Waals surface area contributed by atoms with Gasteiger partial charge in [0.15, 0.2) is 0 Å². The molecule has 23 heavy (non-hydrogen) atoms. The van der Waals surface area contributed by atoms with E-state index in [2.05, 4.69) is 9.73 Å². The van der Waals surface area contributed by atoms with Gasteiger partial charge in [0.05, 0.1) is 19.8 Å². The van der Waals surface area contributed by atoms with Gasteiger partial charge in [0.1, 0.15) is 11.6 Å². The third kappa shape index (κ3) is 4.64. The summed E-state index contributed by atoms with van der Waals surface area (Å²) in [7, 11) is 2.90. The summed E-state index contributed by atoms with van der Waals surface area (Å²) in [5, 5.41) is 0. The van der Waals surface area contributed by atoms with Crippen molar-refractivity contribution in [2.45, 2.75) is 6.42 Å². The number of rotatable bonds is 6. The van der Waals surface area contributed by atoms with Crippen molar-refractivity contribution < 1.29 is 18.7 Å². The second-order valence-electron chi connectivity index (χ2n) is 4.86. The van der Waals surface area contributed by atoms with E-state index in [0.29, 0.717) is 24.3 Å². The van der Waals surface area contributed by atoms with Gasteiger partial charge in [-0.25, -0.2) is 9.18 Å². The van der Waals surface area contributed by atoms with Crippen molar-refractivity contribution in [2.24, 2.45) is 4.99 Å². The van der Waals surface area contributed by atoms with Crippen LogP contribution in [0, 0.1) is 5.82 Å². The van der Waals surface area contributed by atoms with Crippen LogP contribution in [0.1, 0.15) is 21.5 Å². The fraction of sp³-hybridized carbons (Fsp3) is 0.222. The molecule has 0 bridgehead atoms. The first-order valence-corrected chi connectivity index (χ1v) is 7.14. The van der Waals surface area contributed by atoms with E-state index in [9.17, 15) is 9.18 Å². The van der Waals surface area contributed by atoms with Gasteiger partial charge in [-0.3, -0.25) is 4.99 Å². The molecule has 0 saturated heterocycles. The monoisotopic (exact) mass is 315 g/mol. The second-order valence-corrected chi connectivity index (χ2v) is 4.86. The van der Waals surface area contributed by atoms with E-state index in [1.54, 1.807) is 43.7 Å². The van der Waals surface area contributed by atoms with E-state index < -0.39 is 0 Å². The standard InChI is InChI=1S/C18H18FNO3/c1-22-17-8-7-16(19)11-15(17)9-10-20-12-13-3-5-14(6-4-13)18(21)23-2/h3-8,11-12H,9-10H2,1-2H3/b20-12+. The van der Waals surface area contributed by atoms with Crippen LogP contribution in [0.4, 0.5) is 4.39 Å². The predicted molar refractivity (Wildman–Crippen MR) is 86.9 cm³/mol. The van der Waals surface area contributed by atoms with Crippen LogP contribution in [0.2, 0.25) is 0 Å². The highest BCUT2D eigenvalue weighted by Crippen LogP contribution is 2.19. The number of ether oxygens (including phenoxy) is 2. The van der Waals surface area contributed by atoms with Crippen LogP contribution < -0.4 is 4.74 Å². The summed E-state index contributed by atoms with van der Waals surface area (Å²) in [4.78, 5) is 15.6. The third-order valence-corrected chi connectivity index (χ3v) is 3.32. The molecule has 0 unspecified atom stereocenters. The number of halogens is 1. The largest absolute Gasteiger partial charge is 0.496 e. The molecular formula is C18H18FNO3. The van der Waals surface area contributed by atoms with Crippen molar-refractivity contribution in [2.75, 3.05) is 20.8 Å². The maximum absolute atomic E-state index is 13.3. The molecule has 0 radical (unpaired) electrons. The van der Waals surface area contributed by atoms with E-state index in [-0.39, 0.29) is 11.8 Å². The highest BCUT2D eigenvalue weighted by molar-refractivity contribution is 5.90.